The fourth-order valence-electron chi connectivity index (χ4n) is 3.21. The van der Waals surface area contributed by atoms with Crippen molar-refractivity contribution < 1.29 is 33.8 Å². The zero-order valence-corrected chi connectivity index (χ0v) is 16.0. The highest BCUT2D eigenvalue weighted by Crippen LogP contribution is 2.44. The molecule has 9 heteroatoms. The average molecular weight is 382 g/mol. The minimum absolute atomic E-state index is 0.00244. The molecule has 1 aliphatic carbocycles. The molecule has 0 aromatic rings. The molecule has 0 unspecified atom stereocenters. The Morgan fingerprint density at radius 3 is 2.37 bits per heavy atom. The van der Waals surface area contributed by atoms with E-state index in [0.29, 0.717) is 0 Å². The number of carboxylic acid groups (broad SMARTS) is 1. The normalized spacial score (nSPS) is 29.6. The van der Waals surface area contributed by atoms with Crippen LogP contribution in [-0.2, 0) is 23.9 Å². The van der Waals surface area contributed by atoms with E-state index in [1.807, 2.05) is 0 Å². The van der Waals surface area contributed by atoms with E-state index in [1.165, 1.54) is 17.9 Å². The Morgan fingerprint density at radius 2 is 1.93 bits per heavy atom. The minimum Gasteiger partial charge on any atom is -0.479 e. The smallest absolute Gasteiger partial charge is 0.411 e. The predicted octanol–water partition coefficient (Wildman–Crippen LogP) is 1.07. The monoisotopic (exact) mass is 382 g/mol. The number of carboxylic acids is 1. The molecule has 9 nitrogen and oxygen atoms in total. The van der Waals surface area contributed by atoms with Gasteiger partial charge in [0, 0.05) is 19.3 Å². The molecule has 2 rings (SSSR count). The lowest BCUT2D eigenvalue weighted by Gasteiger charge is -2.28. The van der Waals surface area contributed by atoms with E-state index in [0.717, 1.165) is 0 Å². The molecule has 2 N–H and O–H groups in total. The summed E-state index contributed by atoms with van der Waals surface area (Å²) in [5.74, 6) is -2.68. The van der Waals surface area contributed by atoms with Crippen molar-refractivity contribution in [3.63, 3.8) is 0 Å². The lowest BCUT2D eigenvalue weighted by molar-refractivity contribution is -0.145. The van der Waals surface area contributed by atoms with Gasteiger partial charge in [-0.25, -0.2) is 9.59 Å². The van der Waals surface area contributed by atoms with Crippen LogP contribution in [0.2, 0.25) is 0 Å². The number of carbonyl (C=O) groups is 4. The van der Waals surface area contributed by atoms with Gasteiger partial charge in [0.2, 0.25) is 5.91 Å². The van der Waals surface area contributed by atoms with Crippen LogP contribution in [0.15, 0.2) is 12.7 Å². The SMILES string of the molecule is C=C[C@@H]1C[C@]1(NC(=O)[C@@H]1C[C@@H](OC(C)=O)CN1C(=O)OC(C)(C)C)C(=O)O. The molecule has 1 saturated heterocycles. The lowest BCUT2D eigenvalue weighted by atomic mass is 10.1. The Hall–Kier alpha value is -2.58. The Bertz CT molecular complexity index is 669. The van der Waals surface area contributed by atoms with Crippen molar-refractivity contribution in [3.8, 4) is 0 Å². The molecule has 1 saturated carbocycles. The van der Waals surface area contributed by atoms with E-state index in [9.17, 15) is 24.3 Å². The van der Waals surface area contributed by atoms with Crippen LogP contribution in [-0.4, -0.2) is 63.8 Å². The number of esters is 1. The van der Waals surface area contributed by atoms with Crippen molar-refractivity contribution in [2.75, 3.05) is 6.54 Å². The molecule has 2 fully saturated rings. The Kier molecular flexibility index (Phi) is 5.53. The second-order valence-corrected chi connectivity index (χ2v) is 7.93. The molecule has 4 atom stereocenters. The van der Waals surface area contributed by atoms with Crippen LogP contribution in [0.4, 0.5) is 4.79 Å². The summed E-state index contributed by atoms with van der Waals surface area (Å²) in [5.41, 5.74) is -2.18. The van der Waals surface area contributed by atoms with Gasteiger partial charge in [0.25, 0.3) is 0 Å². The van der Waals surface area contributed by atoms with Crippen molar-refractivity contribution in [1.29, 1.82) is 0 Å². The van der Waals surface area contributed by atoms with Gasteiger partial charge in [0.05, 0.1) is 6.54 Å². The van der Waals surface area contributed by atoms with Crippen molar-refractivity contribution >= 4 is 23.9 Å². The number of ether oxygens (including phenoxy) is 2. The number of hydrogen-bond acceptors (Lipinski definition) is 6. The van der Waals surface area contributed by atoms with Gasteiger partial charge in [-0.2, -0.15) is 0 Å². The number of nitrogens with one attached hydrogen (secondary N) is 1. The Balaban J connectivity index is 2.17. The molecule has 2 aliphatic rings. The highest BCUT2D eigenvalue weighted by atomic mass is 16.6. The van der Waals surface area contributed by atoms with E-state index >= 15 is 0 Å². The number of aliphatic carboxylic acids is 1. The summed E-state index contributed by atoms with van der Waals surface area (Å²) in [6, 6.07) is -0.994. The van der Waals surface area contributed by atoms with Gasteiger partial charge in [-0.05, 0) is 27.2 Å². The molecule has 27 heavy (non-hydrogen) atoms. The summed E-state index contributed by atoms with van der Waals surface area (Å²) in [6.07, 6.45) is 0.401. The fourth-order valence-corrected chi connectivity index (χ4v) is 3.21. The van der Waals surface area contributed by atoms with Crippen LogP contribution >= 0.6 is 0 Å². The molecule has 0 spiro atoms. The zero-order valence-electron chi connectivity index (χ0n) is 16.0. The summed E-state index contributed by atoms with van der Waals surface area (Å²) in [6.45, 7) is 9.89. The van der Waals surface area contributed by atoms with Gasteiger partial charge in [0.1, 0.15) is 23.3 Å². The van der Waals surface area contributed by atoms with Gasteiger partial charge < -0.3 is 19.9 Å². The maximum Gasteiger partial charge on any atom is 0.411 e. The molecular formula is C18H26N2O7. The summed E-state index contributed by atoms with van der Waals surface area (Å²) >= 11 is 0. The quantitative estimate of drug-likeness (QED) is 0.539. The predicted molar refractivity (Wildman–Crippen MR) is 93.7 cm³/mol. The maximum atomic E-state index is 12.8. The second kappa shape index (κ2) is 7.21. The first-order chi connectivity index (χ1) is 12.4. The van der Waals surface area contributed by atoms with Crippen molar-refractivity contribution in [1.82, 2.24) is 10.2 Å². The molecule has 0 aromatic carbocycles. The van der Waals surface area contributed by atoms with Crippen LogP contribution in [0, 0.1) is 5.92 Å². The first kappa shape index (κ1) is 20.7. The van der Waals surface area contributed by atoms with E-state index in [2.05, 4.69) is 11.9 Å². The van der Waals surface area contributed by atoms with Crippen LogP contribution < -0.4 is 5.32 Å². The largest absolute Gasteiger partial charge is 0.479 e. The van der Waals surface area contributed by atoms with Crippen molar-refractivity contribution in [2.24, 2.45) is 5.92 Å². The summed E-state index contributed by atoms with van der Waals surface area (Å²) in [5, 5.41) is 12.0. The third kappa shape index (κ3) is 4.58. The lowest BCUT2D eigenvalue weighted by Crippen LogP contribution is -2.53. The van der Waals surface area contributed by atoms with Gasteiger partial charge in [0.15, 0.2) is 0 Å². The topological polar surface area (TPSA) is 122 Å². The maximum absolute atomic E-state index is 12.8. The van der Waals surface area contributed by atoms with Crippen LogP contribution in [0.5, 0.6) is 0 Å². The fraction of sp³-hybridized carbons (Fsp3) is 0.667. The standard InChI is InChI=1S/C18H26N2O7/c1-6-11-8-18(11,15(23)24)19-14(22)13-7-12(26-10(2)21)9-20(13)16(25)27-17(3,4)5/h6,11-13H,1,7-9H2,2-5H3,(H,19,22)(H,23,24)/t11-,12-,13+,18-/m1/s1. The highest BCUT2D eigenvalue weighted by Gasteiger charge is 2.61. The van der Waals surface area contributed by atoms with Crippen LogP contribution in [0.1, 0.15) is 40.5 Å². The van der Waals surface area contributed by atoms with Crippen molar-refractivity contribution in [2.45, 2.75) is 63.8 Å². The third-order valence-corrected chi connectivity index (χ3v) is 4.55. The third-order valence-electron chi connectivity index (χ3n) is 4.55. The van der Waals surface area contributed by atoms with Crippen molar-refractivity contribution in [3.05, 3.63) is 12.7 Å². The number of carbonyl (C=O) groups excluding carboxylic acids is 3. The van der Waals surface area contributed by atoms with Crippen LogP contribution in [0.3, 0.4) is 0 Å². The molecule has 2 amide bonds. The summed E-state index contributed by atoms with van der Waals surface area (Å²) in [4.78, 5) is 49.3. The number of nitrogens with zero attached hydrogens (tertiary/aromatic N) is 1. The molecule has 0 radical (unpaired) electrons. The number of rotatable bonds is 5. The molecule has 150 valence electrons. The van der Waals surface area contributed by atoms with Gasteiger partial charge in [-0.1, -0.05) is 6.08 Å². The summed E-state index contributed by atoms with van der Waals surface area (Å²) < 4.78 is 10.5. The Labute approximate surface area is 157 Å². The van der Waals surface area contributed by atoms with Gasteiger partial charge >= 0.3 is 18.0 Å². The number of amides is 2. The highest BCUT2D eigenvalue weighted by molar-refractivity contribution is 5.94. The van der Waals surface area contributed by atoms with E-state index in [4.69, 9.17) is 9.47 Å². The summed E-state index contributed by atoms with van der Waals surface area (Å²) in [7, 11) is 0. The first-order valence-electron chi connectivity index (χ1n) is 8.74. The van der Waals surface area contributed by atoms with Gasteiger partial charge in [-0.3, -0.25) is 14.5 Å². The van der Waals surface area contributed by atoms with E-state index in [1.54, 1.807) is 20.8 Å². The number of likely N-dealkylation sites (tertiary alicyclic amines) is 1. The molecule has 1 heterocycles. The minimum atomic E-state index is -1.40. The number of hydrogen-bond donors (Lipinski definition) is 2. The Morgan fingerprint density at radius 1 is 1.30 bits per heavy atom. The van der Waals surface area contributed by atoms with E-state index < -0.39 is 47.2 Å². The first-order valence-corrected chi connectivity index (χ1v) is 8.74. The second-order valence-electron chi connectivity index (χ2n) is 7.93. The van der Waals surface area contributed by atoms with E-state index in [-0.39, 0.29) is 25.3 Å². The zero-order chi connectivity index (χ0) is 20.6. The van der Waals surface area contributed by atoms with Gasteiger partial charge in [-0.15, -0.1) is 6.58 Å². The molecular weight excluding hydrogens is 356 g/mol. The molecule has 1 aliphatic heterocycles. The average Bonchev–Trinajstić information content (AvgIpc) is 3.06. The molecule has 0 aromatic heterocycles. The van der Waals surface area contributed by atoms with Crippen LogP contribution in [0.25, 0.3) is 0 Å². The molecule has 0 bridgehead atoms.